The first-order chi connectivity index (χ1) is 13.6. The number of aromatic hydroxyl groups is 1. The lowest BCUT2D eigenvalue weighted by Gasteiger charge is -2.14. The van der Waals surface area contributed by atoms with Crippen molar-refractivity contribution in [2.45, 2.75) is 25.4 Å². The molecule has 1 aliphatic heterocycles. The minimum absolute atomic E-state index is 0.0404. The molecule has 2 unspecified atom stereocenters. The molecular weight excluding hydrogens is 360 g/mol. The van der Waals surface area contributed by atoms with E-state index in [2.05, 4.69) is 21.4 Å². The zero-order chi connectivity index (χ0) is 19.9. The summed E-state index contributed by atoms with van der Waals surface area (Å²) >= 11 is 0. The molecular formula is C20H24N4O4. The van der Waals surface area contributed by atoms with Crippen molar-refractivity contribution in [3.8, 4) is 17.2 Å². The van der Waals surface area contributed by atoms with E-state index in [1.54, 1.807) is 31.4 Å². The van der Waals surface area contributed by atoms with Crippen molar-refractivity contribution in [3.63, 3.8) is 0 Å². The summed E-state index contributed by atoms with van der Waals surface area (Å²) in [7, 11) is 1.60. The van der Waals surface area contributed by atoms with Crippen LogP contribution in [0, 0.1) is 0 Å². The van der Waals surface area contributed by atoms with Gasteiger partial charge in [-0.15, -0.1) is 0 Å². The maximum atomic E-state index is 12.3. The lowest BCUT2D eigenvalue weighted by Crippen LogP contribution is -2.41. The molecule has 2 aromatic rings. The Bertz CT molecular complexity index is 839. The third kappa shape index (κ3) is 4.79. The summed E-state index contributed by atoms with van der Waals surface area (Å²) < 4.78 is 10.9. The van der Waals surface area contributed by atoms with E-state index in [0.717, 1.165) is 11.1 Å². The van der Waals surface area contributed by atoms with Crippen LogP contribution in [0.5, 0.6) is 17.2 Å². The number of rotatable bonds is 7. The average Bonchev–Trinajstić information content (AvgIpc) is 3.20. The molecule has 8 nitrogen and oxygen atoms in total. The predicted molar refractivity (Wildman–Crippen MR) is 105 cm³/mol. The molecule has 0 spiro atoms. The first-order valence-electron chi connectivity index (χ1n) is 9.04. The van der Waals surface area contributed by atoms with Crippen LogP contribution in [0.15, 0.2) is 47.6 Å². The number of phenolic OH excluding ortho intramolecular Hbond substituents is 1. The highest BCUT2D eigenvalue weighted by atomic mass is 16.5. The van der Waals surface area contributed by atoms with Crippen molar-refractivity contribution < 1.29 is 19.4 Å². The summed E-state index contributed by atoms with van der Waals surface area (Å²) in [5, 5.41) is 13.2. The Kier molecular flexibility index (Phi) is 6.46. The Morgan fingerprint density at radius 3 is 2.75 bits per heavy atom. The predicted octanol–water partition coefficient (Wildman–Crippen LogP) is 1.86. The van der Waals surface area contributed by atoms with Gasteiger partial charge in [-0.3, -0.25) is 4.79 Å². The second-order valence-corrected chi connectivity index (χ2v) is 6.30. The number of phenols is 1. The number of hydrazine groups is 1. The number of methoxy groups -OCH3 is 1. The number of hydrogen-bond acceptors (Lipinski definition) is 7. The van der Waals surface area contributed by atoms with Gasteiger partial charge in [0.1, 0.15) is 11.8 Å². The fraction of sp³-hybridized carbons (Fsp3) is 0.300. The van der Waals surface area contributed by atoms with Crippen LogP contribution < -0.4 is 25.8 Å². The Labute approximate surface area is 163 Å². The van der Waals surface area contributed by atoms with E-state index in [9.17, 15) is 9.90 Å². The number of carbonyl (C=O) groups is 1. The Hall–Kier alpha value is -3.10. The van der Waals surface area contributed by atoms with Crippen LogP contribution in [0.3, 0.4) is 0 Å². The van der Waals surface area contributed by atoms with E-state index in [1.165, 1.54) is 6.21 Å². The summed E-state index contributed by atoms with van der Waals surface area (Å²) in [5.74, 6) is 1.30. The first-order valence-corrected chi connectivity index (χ1v) is 9.04. The number of nitrogens with one attached hydrogen (secondary N) is 3. The van der Waals surface area contributed by atoms with Crippen LogP contribution in [0.2, 0.25) is 0 Å². The highest BCUT2D eigenvalue weighted by Gasteiger charge is 2.30. The van der Waals surface area contributed by atoms with Gasteiger partial charge in [0.05, 0.1) is 19.9 Å². The normalized spacial score (nSPS) is 18.9. The highest BCUT2D eigenvalue weighted by molar-refractivity contribution is 5.85. The molecule has 0 radical (unpaired) electrons. The summed E-state index contributed by atoms with van der Waals surface area (Å²) in [6.45, 7) is 2.48. The van der Waals surface area contributed by atoms with Gasteiger partial charge in [0.2, 0.25) is 0 Å². The second-order valence-electron chi connectivity index (χ2n) is 6.30. The standard InChI is InChI=1S/C20H24N4O4/c1-3-28-18-9-6-14(10-19(18)27-2)16-11-17(23-22-16)20(26)24-21-12-13-4-7-15(25)8-5-13/h4-10,12,16-17,22-23,25H,3,11H2,1-2H3,(H,24,26)/b21-12+. The van der Waals surface area contributed by atoms with Gasteiger partial charge in [0.25, 0.3) is 5.91 Å². The van der Waals surface area contributed by atoms with Crippen molar-refractivity contribution in [1.29, 1.82) is 0 Å². The number of amides is 1. The molecule has 0 aromatic heterocycles. The van der Waals surface area contributed by atoms with Crippen LogP contribution in [0.1, 0.15) is 30.5 Å². The molecule has 3 rings (SSSR count). The molecule has 148 valence electrons. The van der Waals surface area contributed by atoms with E-state index in [-0.39, 0.29) is 17.7 Å². The molecule has 28 heavy (non-hydrogen) atoms. The zero-order valence-corrected chi connectivity index (χ0v) is 15.8. The molecule has 1 amide bonds. The monoisotopic (exact) mass is 384 g/mol. The van der Waals surface area contributed by atoms with Gasteiger partial charge < -0.3 is 14.6 Å². The largest absolute Gasteiger partial charge is 0.508 e. The van der Waals surface area contributed by atoms with Crippen LogP contribution >= 0.6 is 0 Å². The molecule has 4 N–H and O–H groups in total. The number of benzene rings is 2. The number of hydrogen-bond donors (Lipinski definition) is 4. The molecule has 2 aromatic carbocycles. The zero-order valence-electron chi connectivity index (χ0n) is 15.8. The maximum Gasteiger partial charge on any atom is 0.258 e. The van der Waals surface area contributed by atoms with Gasteiger partial charge in [-0.25, -0.2) is 16.3 Å². The topological polar surface area (TPSA) is 104 Å². The summed E-state index contributed by atoms with van der Waals surface area (Å²) in [4.78, 5) is 12.3. The van der Waals surface area contributed by atoms with Crippen LogP contribution in [-0.2, 0) is 4.79 Å². The second kappa shape index (κ2) is 9.20. The minimum atomic E-state index is -0.417. The summed E-state index contributed by atoms with van der Waals surface area (Å²) in [5.41, 5.74) is 10.4. The van der Waals surface area contributed by atoms with Crippen molar-refractivity contribution >= 4 is 12.1 Å². The van der Waals surface area contributed by atoms with Gasteiger partial charge in [0, 0.05) is 6.04 Å². The average molecular weight is 384 g/mol. The van der Waals surface area contributed by atoms with Crippen molar-refractivity contribution in [2.75, 3.05) is 13.7 Å². The van der Waals surface area contributed by atoms with E-state index in [0.29, 0.717) is 24.5 Å². The van der Waals surface area contributed by atoms with Gasteiger partial charge in [-0.1, -0.05) is 6.07 Å². The maximum absolute atomic E-state index is 12.3. The smallest absolute Gasteiger partial charge is 0.258 e. The van der Waals surface area contributed by atoms with Gasteiger partial charge in [-0.05, 0) is 60.9 Å². The highest BCUT2D eigenvalue weighted by Crippen LogP contribution is 2.32. The SMILES string of the molecule is CCOc1ccc(C2CC(C(=O)N/N=C/c3ccc(O)cc3)NN2)cc1OC. The quantitative estimate of drug-likeness (QED) is 0.429. The number of nitrogens with zero attached hydrogens (tertiary/aromatic N) is 1. The van der Waals surface area contributed by atoms with E-state index in [4.69, 9.17) is 9.47 Å². The van der Waals surface area contributed by atoms with Crippen molar-refractivity contribution in [1.82, 2.24) is 16.3 Å². The lowest BCUT2D eigenvalue weighted by molar-refractivity contribution is -0.122. The van der Waals surface area contributed by atoms with E-state index >= 15 is 0 Å². The molecule has 0 aliphatic carbocycles. The molecule has 1 saturated heterocycles. The molecule has 0 saturated carbocycles. The summed E-state index contributed by atoms with van der Waals surface area (Å²) in [6.07, 6.45) is 2.09. The first kappa shape index (κ1) is 19.7. The van der Waals surface area contributed by atoms with Crippen LogP contribution in [0.25, 0.3) is 0 Å². The molecule has 0 bridgehead atoms. The Morgan fingerprint density at radius 2 is 2.04 bits per heavy atom. The fourth-order valence-electron chi connectivity index (χ4n) is 2.93. The van der Waals surface area contributed by atoms with Gasteiger partial charge in [0.15, 0.2) is 11.5 Å². The fourth-order valence-corrected chi connectivity index (χ4v) is 2.93. The number of carbonyl (C=O) groups excluding carboxylic acids is 1. The Morgan fingerprint density at radius 1 is 1.25 bits per heavy atom. The molecule has 1 heterocycles. The molecule has 1 fully saturated rings. The van der Waals surface area contributed by atoms with Crippen LogP contribution in [-0.4, -0.2) is 37.0 Å². The molecule has 8 heteroatoms. The third-order valence-electron chi connectivity index (χ3n) is 4.39. The molecule has 1 aliphatic rings. The number of ether oxygens (including phenoxy) is 2. The third-order valence-corrected chi connectivity index (χ3v) is 4.39. The van der Waals surface area contributed by atoms with Crippen LogP contribution in [0.4, 0.5) is 0 Å². The van der Waals surface area contributed by atoms with E-state index < -0.39 is 6.04 Å². The van der Waals surface area contributed by atoms with Crippen molar-refractivity contribution in [2.24, 2.45) is 5.10 Å². The summed E-state index contributed by atoms with van der Waals surface area (Å²) in [6, 6.07) is 11.8. The Balaban J connectivity index is 1.57. The number of hydrazone groups is 1. The van der Waals surface area contributed by atoms with Gasteiger partial charge in [-0.2, -0.15) is 5.10 Å². The lowest BCUT2D eigenvalue weighted by atomic mass is 10.0. The van der Waals surface area contributed by atoms with E-state index in [1.807, 2.05) is 25.1 Å². The molecule has 2 atom stereocenters. The van der Waals surface area contributed by atoms with Crippen molar-refractivity contribution in [3.05, 3.63) is 53.6 Å². The minimum Gasteiger partial charge on any atom is -0.508 e. The van der Waals surface area contributed by atoms with Gasteiger partial charge >= 0.3 is 0 Å².